The molecule has 1 unspecified atom stereocenters. The zero-order valence-corrected chi connectivity index (χ0v) is 27.0. The van der Waals surface area contributed by atoms with Gasteiger partial charge >= 0.3 is 185 Å². The van der Waals surface area contributed by atoms with E-state index in [0.717, 1.165) is 5.75 Å². The van der Waals surface area contributed by atoms with Crippen LogP contribution in [0.3, 0.4) is 0 Å². The molecule has 0 aliphatic heterocycles. The summed E-state index contributed by atoms with van der Waals surface area (Å²) in [5.74, 6) is 1.14. The molecule has 0 saturated carbocycles. The third-order valence-corrected chi connectivity index (χ3v) is 42.0. The van der Waals surface area contributed by atoms with E-state index in [1.54, 1.807) is 0 Å². The zero-order chi connectivity index (χ0) is 17.7. The Balaban J connectivity index is 4.46. The Kier molecular flexibility index (Phi) is 13.4. The van der Waals surface area contributed by atoms with E-state index in [0.29, 0.717) is 0 Å². The van der Waals surface area contributed by atoms with Crippen LogP contribution in [-0.4, -0.2) is 60.7 Å². The summed E-state index contributed by atoms with van der Waals surface area (Å²) in [6.45, 7) is 2.27. The summed E-state index contributed by atoms with van der Waals surface area (Å²) in [5, 5.41) is 0. The third kappa shape index (κ3) is 13.4. The molecule has 22 heavy (non-hydrogen) atoms. The van der Waals surface area contributed by atoms with Crippen molar-refractivity contribution in [3.63, 3.8) is 0 Å². The normalized spacial score (nSPS) is 21.0. The summed E-state index contributed by atoms with van der Waals surface area (Å²) in [5.41, 5.74) is 0. The molecule has 0 N–H and O–H groups in total. The average Bonchev–Trinajstić information content (AvgIpc) is 2.41. The van der Waals surface area contributed by atoms with Crippen molar-refractivity contribution in [3.8, 4) is 0 Å². The fraction of sp³-hybridized carbons (Fsp3) is 1.00. The van der Waals surface area contributed by atoms with Gasteiger partial charge in [-0.05, 0) is 0 Å². The average molecular weight is 848 g/mol. The second-order valence-corrected chi connectivity index (χ2v) is 52.3. The van der Waals surface area contributed by atoms with E-state index >= 15 is 0 Å². The van der Waals surface area contributed by atoms with E-state index < -0.39 is 29.6 Å². The number of alkyl halides is 1. The quantitative estimate of drug-likeness (QED) is 0.153. The molecule has 0 rings (SSSR count). The second kappa shape index (κ2) is 11.3. The Morgan fingerprint density at radius 3 is 1.59 bits per heavy atom. The molecule has 0 aliphatic rings. The zero-order valence-electron chi connectivity index (χ0n) is 15.1. The molecule has 0 aromatic carbocycles. The van der Waals surface area contributed by atoms with Gasteiger partial charge in [0.25, 0.3) is 0 Å². The van der Waals surface area contributed by atoms with Crippen molar-refractivity contribution in [2.45, 2.75) is 6.92 Å². The van der Waals surface area contributed by atoms with Crippen molar-refractivity contribution >= 4 is 29.6 Å². The SMILES string of the molecule is CCS(C)(O[I-]S(C)(C)C)[I-]OS(C)(C)[I-]OS(C)(C)[I-]C. The van der Waals surface area contributed by atoms with E-state index in [1.165, 1.54) is 0 Å². The topological polar surface area (TPSA) is 27.7 Å². The molecule has 0 radical (unpaired) electrons. The first kappa shape index (κ1) is 26.2. The standard InChI is InChI=1S/C11H32I4O3S4/c1-11-22(10,18-13-19(3,4)5)15-17-21(8,9)14-16-20(6,7)12-2/h11H2,1-10H3/q-4. The number of rotatable bonds is 11. The van der Waals surface area contributed by atoms with E-state index in [-0.39, 0.29) is 80.5 Å². The van der Waals surface area contributed by atoms with Gasteiger partial charge in [0, 0.05) is 0 Å². The maximum absolute atomic E-state index is 6.47. The van der Waals surface area contributed by atoms with Crippen molar-refractivity contribution in [2.24, 2.45) is 0 Å². The van der Waals surface area contributed by atoms with Gasteiger partial charge in [0.1, 0.15) is 0 Å². The van der Waals surface area contributed by atoms with Crippen molar-refractivity contribution in [1.82, 2.24) is 0 Å². The molecule has 0 bridgehead atoms. The molecule has 11 heteroatoms. The third-order valence-electron chi connectivity index (χ3n) is 1.87. The molecule has 0 amide bonds. The molecular formula is C11H32I4O3S4-4. The molecule has 0 aliphatic carbocycles. The number of halogens is 4. The van der Waals surface area contributed by atoms with Gasteiger partial charge in [-0.15, -0.1) is 0 Å². The van der Waals surface area contributed by atoms with Gasteiger partial charge in [0.2, 0.25) is 0 Å². The van der Waals surface area contributed by atoms with E-state index in [1.807, 2.05) is 0 Å². The summed E-state index contributed by atoms with van der Waals surface area (Å²) in [6.07, 6.45) is 18.6. The molecule has 0 fully saturated rings. The summed E-state index contributed by atoms with van der Waals surface area (Å²) >= 11 is -0.540. The maximum atomic E-state index is 6.47. The van der Waals surface area contributed by atoms with Crippen LogP contribution in [0.2, 0.25) is 0 Å². The van der Waals surface area contributed by atoms with E-state index in [4.69, 9.17) is 7.54 Å². The van der Waals surface area contributed by atoms with Crippen LogP contribution in [0.15, 0.2) is 0 Å². The first-order valence-corrected chi connectivity index (χ1v) is 30.9. The summed E-state index contributed by atoms with van der Waals surface area (Å²) in [7, 11) is -3.17. The molecule has 1 atom stereocenters. The molecule has 0 aromatic rings. The van der Waals surface area contributed by atoms with Gasteiger partial charge in [-0.25, -0.2) is 0 Å². The van der Waals surface area contributed by atoms with Crippen molar-refractivity contribution in [2.75, 3.05) is 60.7 Å². The number of hydrogen-bond acceptors (Lipinski definition) is 3. The minimum absolute atomic E-state index is 0.130. The van der Waals surface area contributed by atoms with Crippen LogP contribution in [0.1, 0.15) is 6.92 Å². The van der Waals surface area contributed by atoms with Gasteiger partial charge < -0.3 is 0 Å². The molecule has 3 nitrogen and oxygen atoms in total. The summed E-state index contributed by atoms with van der Waals surface area (Å²) in [6, 6.07) is 0. The Hall–Kier alpha value is 4.20. The molecule has 150 valence electrons. The summed E-state index contributed by atoms with van der Waals surface area (Å²) < 4.78 is 19.2. The molecule has 0 spiro atoms. The molecule has 0 aromatic heterocycles. The van der Waals surface area contributed by atoms with Crippen LogP contribution < -0.4 is 80.5 Å². The van der Waals surface area contributed by atoms with E-state index in [9.17, 15) is 0 Å². The van der Waals surface area contributed by atoms with Crippen molar-refractivity contribution < 1.29 is 88.1 Å². The molecule has 0 saturated heterocycles. The first-order valence-electron chi connectivity index (χ1n) is 6.22. The van der Waals surface area contributed by atoms with Gasteiger partial charge in [-0.1, -0.05) is 0 Å². The van der Waals surface area contributed by atoms with E-state index in [2.05, 4.69) is 61.9 Å². The van der Waals surface area contributed by atoms with Crippen LogP contribution >= 0.6 is 29.6 Å². The monoisotopic (exact) mass is 848 g/mol. The van der Waals surface area contributed by atoms with Gasteiger partial charge in [0.15, 0.2) is 0 Å². The van der Waals surface area contributed by atoms with Crippen molar-refractivity contribution in [3.05, 3.63) is 0 Å². The fourth-order valence-corrected chi connectivity index (χ4v) is 40.0. The van der Waals surface area contributed by atoms with Crippen LogP contribution in [0, 0.1) is 0 Å². The second-order valence-electron chi connectivity index (χ2n) is 5.63. The molecule has 0 heterocycles. The summed E-state index contributed by atoms with van der Waals surface area (Å²) in [4.78, 5) is 2.33. The van der Waals surface area contributed by atoms with Gasteiger partial charge in [0.05, 0.1) is 0 Å². The fourth-order valence-electron chi connectivity index (χ4n) is 0.502. The Bertz CT molecular complexity index is 342. The van der Waals surface area contributed by atoms with Crippen LogP contribution in [-0.2, 0) is 7.54 Å². The van der Waals surface area contributed by atoms with Crippen LogP contribution in [0.25, 0.3) is 0 Å². The predicted octanol–water partition coefficient (Wildman–Crippen LogP) is -7.55. The van der Waals surface area contributed by atoms with Crippen molar-refractivity contribution in [1.29, 1.82) is 0 Å². The predicted molar refractivity (Wildman–Crippen MR) is 97.5 cm³/mol. The Morgan fingerprint density at radius 2 is 1.18 bits per heavy atom. The molecular weight excluding hydrogens is 816 g/mol. The Morgan fingerprint density at radius 1 is 0.682 bits per heavy atom. The van der Waals surface area contributed by atoms with Crippen LogP contribution in [0.4, 0.5) is 0 Å². The van der Waals surface area contributed by atoms with Gasteiger partial charge in [-0.2, -0.15) is 0 Å². The minimum atomic E-state index is -0.987. The first-order chi connectivity index (χ1) is 9.74. The van der Waals surface area contributed by atoms with Crippen LogP contribution in [0.5, 0.6) is 0 Å². The Labute approximate surface area is 182 Å². The number of hydrogen-bond donors (Lipinski definition) is 0. The van der Waals surface area contributed by atoms with Gasteiger partial charge in [-0.3, -0.25) is 0 Å².